The van der Waals surface area contributed by atoms with Crippen molar-refractivity contribution in [2.24, 2.45) is 0 Å². The van der Waals surface area contributed by atoms with E-state index in [1.54, 1.807) is 6.20 Å². The quantitative estimate of drug-likeness (QED) is 0.447. The zero-order chi connectivity index (χ0) is 20.6. The second-order valence-corrected chi connectivity index (χ2v) is 6.81. The van der Waals surface area contributed by atoms with E-state index >= 15 is 0 Å². The molecule has 4 rings (SSSR count). The SMILES string of the molecule is CN(CCc1ccncc1)c1nccc(Nc2ccccc2Oc2ccccc2)n1. The van der Waals surface area contributed by atoms with Crippen LogP contribution in [0.2, 0.25) is 0 Å². The Morgan fingerprint density at radius 3 is 2.47 bits per heavy atom. The highest BCUT2D eigenvalue weighted by Gasteiger charge is 2.09. The van der Waals surface area contributed by atoms with Gasteiger partial charge in [0.05, 0.1) is 5.69 Å². The number of aromatic nitrogens is 3. The number of ether oxygens (including phenoxy) is 1. The van der Waals surface area contributed by atoms with Gasteiger partial charge in [-0.15, -0.1) is 0 Å². The molecule has 0 aliphatic rings. The third-order valence-corrected chi connectivity index (χ3v) is 4.59. The van der Waals surface area contributed by atoms with Gasteiger partial charge in [0.2, 0.25) is 5.95 Å². The van der Waals surface area contributed by atoms with E-state index < -0.39 is 0 Å². The summed E-state index contributed by atoms with van der Waals surface area (Å²) in [6, 6.07) is 23.4. The van der Waals surface area contributed by atoms with Crippen molar-refractivity contribution in [3.63, 3.8) is 0 Å². The van der Waals surface area contributed by atoms with E-state index in [0.717, 1.165) is 30.2 Å². The summed E-state index contributed by atoms with van der Waals surface area (Å²) in [5.74, 6) is 2.89. The third-order valence-electron chi connectivity index (χ3n) is 4.59. The van der Waals surface area contributed by atoms with Crippen LogP contribution in [-0.4, -0.2) is 28.5 Å². The number of hydrogen-bond donors (Lipinski definition) is 1. The zero-order valence-corrected chi connectivity index (χ0v) is 16.8. The molecule has 1 N–H and O–H groups in total. The minimum absolute atomic E-state index is 0.663. The van der Waals surface area contributed by atoms with Gasteiger partial charge in [0, 0.05) is 32.2 Å². The first-order valence-electron chi connectivity index (χ1n) is 9.80. The van der Waals surface area contributed by atoms with E-state index in [1.165, 1.54) is 5.56 Å². The normalized spacial score (nSPS) is 10.4. The number of rotatable bonds is 8. The Balaban J connectivity index is 1.46. The van der Waals surface area contributed by atoms with Crippen LogP contribution in [0, 0.1) is 0 Å². The van der Waals surface area contributed by atoms with Gasteiger partial charge in [-0.1, -0.05) is 30.3 Å². The molecule has 150 valence electrons. The van der Waals surface area contributed by atoms with Crippen LogP contribution in [0.3, 0.4) is 0 Å². The molecule has 0 bridgehead atoms. The van der Waals surface area contributed by atoms with E-state index in [-0.39, 0.29) is 0 Å². The molecule has 6 nitrogen and oxygen atoms in total. The van der Waals surface area contributed by atoms with Crippen LogP contribution in [0.1, 0.15) is 5.56 Å². The molecule has 0 unspecified atom stereocenters. The predicted molar refractivity (Wildman–Crippen MR) is 119 cm³/mol. The lowest BCUT2D eigenvalue weighted by Crippen LogP contribution is -2.22. The molecule has 30 heavy (non-hydrogen) atoms. The fraction of sp³-hybridized carbons (Fsp3) is 0.125. The van der Waals surface area contributed by atoms with Gasteiger partial charge in [0.25, 0.3) is 0 Å². The Labute approximate surface area is 176 Å². The van der Waals surface area contributed by atoms with Gasteiger partial charge in [-0.05, 0) is 54.4 Å². The molecule has 2 aromatic carbocycles. The second-order valence-electron chi connectivity index (χ2n) is 6.81. The van der Waals surface area contributed by atoms with Gasteiger partial charge in [0.1, 0.15) is 11.6 Å². The molecule has 0 fully saturated rings. The van der Waals surface area contributed by atoms with Gasteiger partial charge in [0.15, 0.2) is 5.75 Å². The Morgan fingerprint density at radius 1 is 0.867 bits per heavy atom. The molecular formula is C24H23N5O. The molecule has 6 heteroatoms. The van der Waals surface area contributed by atoms with E-state index in [0.29, 0.717) is 11.8 Å². The van der Waals surface area contributed by atoms with Crippen LogP contribution >= 0.6 is 0 Å². The lowest BCUT2D eigenvalue weighted by Gasteiger charge is -2.18. The fourth-order valence-corrected chi connectivity index (χ4v) is 2.96. The number of anilines is 3. The monoisotopic (exact) mass is 397 g/mol. The predicted octanol–water partition coefficient (Wildman–Crippen LogP) is 5.09. The fourth-order valence-electron chi connectivity index (χ4n) is 2.96. The highest BCUT2D eigenvalue weighted by Crippen LogP contribution is 2.31. The Kier molecular flexibility index (Phi) is 6.15. The van der Waals surface area contributed by atoms with Crippen molar-refractivity contribution in [2.45, 2.75) is 6.42 Å². The number of hydrogen-bond acceptors (Lipinski definition) is 6. The minimum Gasteiger partial charge on any atom is -0.455 e. The summed E-state index contributed by atoms with van der Waals surface area (Å²) < 4.78 is 6.03. The summed E-state index contributed by atoms with van der Waals surface area (Å²) in [5.41, 5.74) is 2.07. The van der Waals surface area contributed by atoms with Crippen LogP contribution in [-0.2, 0) is 6.42 Å². The smallest absolute Gasteiger partial charge is 0.227 e. The first kappa shape index (κ1) is 19.4. The Bertz CT molecular complexity index is 1070. The molecule has 0 amide bonds. The van der Waals surface area contributed by atoms with Crippen molar-refractivity contribution in [1.82, 2.24) is 15.0 Å². The number of nitrogens with one attached hydrogen (secondary N) is 1. The molecule has 0 aliphatic carbocycles. The molecule has 0 spiro atoms. The average molecular weight is 397 g/mol. The van der Waals surface area contributed by atoms with Crippen LogP contribution in [0.15, 0.2) is 91.4 Å². The molecule has 0 atom stereocenters. The molecule has 2 aromatic heterocycles. The summed E-state index contributed by atoms with van der Waals surface area (Å²) in [7, 11) is 1.99. The van der Waals surface area contributed by atoms with Crippen molar-refractivity contribution >= 4 is 17.5 Å². The average Bonchev–Trinajstić information content (AvgIpc) is 2.80. The van der Waals surface area contributed by atoms with Crippen molar-refractivity contribution in [3.05, 3.63) is 97.0 Å². The lowest BCUT2D eigenvalue weighted by molar-refractivity contribution is 0.485. The number of likely N-dealkylation sites (N-methyl/N-ethyl adjacent to an activating group) is 1. The number of pyridine rings is 1. The summed E-state index contributed by atoms with van der Waals surface area (Å²) in [4.78, 5) is 15.2. The molecule has 0 radical (unpaired) electrons. The van der Waals surface area contributed by atoms with Crippen LogP contribution < -0.4 is 15.0 Å². The summed E-state index contributed by atoms with van der Waals surface area (Å²) >= 11 is 0. The topological polar surface area (TPSA) is 63.2 Å². The van der Waals surface area contributed by atoms with E-state index in [4.69, 9.17) is 4.74 Å². The summed E-state index contributed by atoms with van der Waals surface area (Å²) in [5, 5.41) is 3.35. The van der Waals surface area contributed by atoms with Crippen LogP contribution in [0.25, 0.3) is 0 Å². The van der Waals surface area contributed by atoms with E-state index in [2.05, 4.69) is 20.3 Å². The number of benzene rings is 2. The Hall–Kier alpha value is -3.93. The zero-order valence-electron chi connectivity index (χ0n) is 16.8. The second kappa shape index (κ2) is 9.52. The molecular weight excluding hydrogens is 374 g/mol. The van der Waals surface area contributed by atoms with Gasteiger partial charge in [-0.2, -0.15) is 4.98 Å². The highest BCUT2D eigenvalue weighted by molar-refractivity contribution is 5.65. The van der Waals surface area contributed by atoms with Gasteiger partial charge in [-0.25, -0.2) is 4.98 Å². The molecule has 0 aliphatic heterocycles. The minimum atomic E-state index is 0.663. The first-order chi connectivity index (χ1) is 14.8. The van der Waals surface area contributed by atoms with Crippen LogP contribution in [0.5, 0.6) is 11.5 Å². The van der Waals surface area contributed by atoms with E-state index in [9.17, 15) is 0 Å². The maximum atomic E-state index is 6.03. The largest absolute Gasteiger partial charge is 0.455 e. The summed E-state index contributed by atoms with van der Waals surface area (Å²) in [6.45, 7) is 0.807. The highest BCUT2D eigenvalue weighted by atomic mass is 16.5. The standard InChI is InChI=1S/C24H23N5O/c1-29(18-14-19-11-15-25-16-12-19)24-26-17-13-23(28-24)27-21-9-5-6-10-22(21)30-20-7-3-2-4-8-20/h2-13,15-17H,14,18H2,1H3,(H,26,27,28). The van der Waals surface area contributed by atoms with Crippen molar-refractivity contribution in [2.75, 3.05) is 23.8 Å². The van der Waals surface area contributed by atoms with Crippen molar-refractivity contribution < 1.29 is 4.74 Å². The van der Waals surface area contributed by atoms with Gasteiger partial charge in [-0.3, -0.25) is 4.98 Å². The summed E-state index contributed by atoms with van der Waals surface area (Å²) in [6.07, 6.45) is 6.28. The first-order valence-corrected chi connectivity index (χ1v) is 9.80. The van der Waals surface area contributed by atoms with E-state index in [1.807, 2.05) is 97.1 Å². The van der Waals surface area contributed by atoms with Gasteiger partial charge < -0.3 is 15.0 Å². The van der Waals surface area contributed by atoms with Gasteiger partial charge >= 0.3 is 0 Å². The maximum Gasteiger partial charge on any atom is 0.227 e. The van der Waals surface area contributed by atoms with Crippen LogP contribution in [0.4, 0.5) is 17.5 Å². The van der Waals surface area contributed by atoms with Crippen molar-refractivity contribution in [3.8, 4) is 11.5 Å². The maximum absolute atomic E-state index is 6.03. The third kappa shape index (κ3) is 5.11. The number of nitrogens with zero attached hydrogens (tertiary/aromatic N) is 4. The molecule has 2 heterocycles. The molecule has 0 saturated carbocycles. The Morgan fingerprint density at radius 2 is 1.63 bits per heavy atom. The van der Waals surface area contributed by atoms with Crippen molar-refractivity contribution in [1.29, 1.82) is 0 Å². The lowest BCUT2D eigenvalue weighted by atomic mass is 10.2. The number of para-hydroxylation sites is 3. The molecule has 0 saturated heterocycles. The molecule has 4 aromatic rings.